The molecule has 0 saturated heterocycles. The van der Waals surface area contributed by atoms with Gasteiger partial charge in [-0.1, -0.05) is 26.7 Å². The SMILES string of the molecule is CCCCNC=C(CCCC)C(N)=O. The van der Waals surface area contributed by atoms with Gasteiger partial charge in [0.05, 0.1) is 0 Å². The summed E-state index contributed by atoms with van der Waals surface area (Å²) in [5.41, 5.74) is 5.96. The van der Waals surface area contributed by atoms with Crippen molar-refractivity contribution in [3.8, 4) is 0 Å². The predicted octanol–water partition coefficient (Wildman–Crippen LogP) is 1.94. The summed E-state index contributed by atoms with van der Waals surface area (Å²) in [6.07, 6.45) is 6.93. The molecule has 0 saturated carbocycles. The summed E-state index contributed by atoms with van der Waals surface area (Å²) in [5, 5.41) is 3.11. The van der Waals surface area contributed by atoms with Crippen molar-refractivity contribution in [1.29, 1.82) is 0 Å². The van der Waals surface area contributed by atoms with Crippen LogP contribution in [0, 0.1) is 0 Å². The number of nitrogens with one attached hydrogen (secondary N) is 1. The third kappa shape index (κ3) is 6.52. The Hall–Kier alpha value is -0.990. The molecule has 0 aromatic heterocycles. The fourth-order valence-electron chi connectivity index (χ4n) is 1.11. The van der Waals surface area contributed by atoms with Gasteiger partial charge in [-0.25, -0.2) is 0 Å². The fourth-order valence-corrected chi connectivity index (χ4v) is 1.11. The Morgan fingerprint density at radius 2 is 1.93 bits per heavy atom. The van der Waals surface area contributed by atoms with Crippen molar-refractivity contribution in [2.24, 2.45) is 5.73 Å². The number of carbonyl (C=O) groups excluding carboxylic acids is 1. The average Bonchev–Trinajstić information content (AvgIpc) is 2.16. The van der Waals surface area contributed by atoms with Crippen molar-refractivity contribution >= 4 is 5.91 Å². The number of primary amides is 1. The van der Waals surface area contributed by atoms with Crippen molar-refractivity contribution in [1.82, 2.24) is 5.32 Å². The van der Waals surface area contributed by atoms with Crippen LogP contribution in [0.3, 0.4) is 0 Å². The molecule has 0 bridgehead atoms. The second kappa shape index (κ2) is 8.60. The molecule has 0 fully saturated rings. The van der Waals surface area contributed by atoms with E-state index in [1.54, 1.807) is 6.20 Å². The maximum absolute atomic E-state index is 11.0. The van der Waals surface area contributed by atoms with Crippen molar-refractivity contribution in [3.05, 3.63) is 11.8 Å². The lowest BCUT2D eigenvalue weighted by Gasteiger charge is -2.04. The highest BCUT2D eigenvalue weighted by Gasteiger charge is 2.02. The van der Waals surface area contributed by atoms with E-state index in [0.29, 0.717) is 5.57 Å². The Morgan fingerprint density at radius 1 is 1.29 bits per heavy atom. The number of rotatable bonds is 8. The van der Waals surface area contributed by atoms with Gasteiger partial charge in [-0.3, -0.25) is 4.79 Å². The molecule has 0 aliphatic rings. The van der Waals surface area contributed by atoms with Crippen LogP contribution in [0.2, 0.25) is 0 Å². The van der Waals surface area contributed by atoms with E-state index in [-0.39, 0.29) is 5.91 Å². The summed E-state index contributed by atoms with van der Waals surface area (Å²) in [4.78, 5) is 11.0. The molecule has 3 nitrogen and oxygen atoms in total. The fraction of sp³-hybridized carbons (Fsp3) is 0.727. The van der Waals surface area contributed by atoms with Gasteiger partial charge in [0.1, 0.15) is 0 Å². The lowest BCUT2D eigenvalue weighted by atomic mass is 10.1. The van der Waals surface area contributed by atoms with Crippen LogP contribution in [0.15, 0.2) is 11.8 Å². The van der Waals surface area contributed by atoms with E-state index in [9.17, 15) is 4.79 Å². The number of hydrogen-bond donors (Lipinski definition) is 2. The molecule has 0 unspecified atom stereocenters. The van der Waals surface area contributed by atoms with Gasteiger partial charge >= 0.3 is 0 Å². The normalized spacial score (nSPS) is 11.4. The van der Waals surface area contributed by atoms with E-state index in [0.717, 1.165) is 38.6 Å². The smallest absolute Gasteiger partial charge is 0.246 e. The molecule has 0 atom stereocenters. The van der Waals surface area contributed by atoms with E-state index in [1.807, 2.05) is 0 Å². The van der Waals surface area contributed by atoms with Gasteiger partial charge < -0.3 is 11.1 Å². The zero-order chi connectivity index (χ0) is 10.8. The quantitative estimate of drug-likeness (QED) is 0.462. The van der Waals surface area contributed by atoms with Gasteiger partial charge in [0.15, 0.2) is 0 Å². The molecule has 0 aromatic carbocycles. The molecule has 0 aliphatic heterocycles. The second-order valence-electron chi connectivity index (χ2n) is 3.45. The van der Waals surface area contributed by atoms with E-state index in [4.69, 9.17) is 5.73 Å². The van der Waals surface area contributed by atoms with Crippen LogP contribution in [0.1, 0.15) is 46.0 Å². The van der Waals surface area contributed by atoms with Crippen LogP contribution in [0.4, 0.5) is 0 Å². The first-order valence-electron chi connectivity index (χ1n) is 5.44. The zero-order valence-corrected chi connectivity index (χ0v) is 9.31. The van der Waals surface area contributed by atoms with Gasteiger partial charge in [0.25, 0.3) is 0 Å². The Kier molecular flexibility index (Phi) is 7.99. The van der Waals surface area contributed by atoms with Crippen LogP contribution >= 0.6 is 0 Å². The first-order chi connectivity index (χ1) is 6.72. The van der Waals surface area contributed by atoms with Gasteiger partial charge in [-0.05, 0) is 19.3 Å². The first kappa shape index (κ1) is 13.0. The van der Waals surface area contributed by atoms with Crippen LogP contribution in [-0.4, -0.2) is 12.5 Å². The van der Waals surface area contributed by atoms with Crippen molar-refractivity contribution in [3.63, 3.8) is 0 Å². The molecule has 0 radical (unpaired) electrons. The summed E-state index contributed by atoms with van der Waals surface area (Å²) in [5.74, 6) is -0.303. The molecule has 82 valence electrons. The second-order valence-corrected chi connectivity index (χ2v) is 3.45. The number of hydrogen-bond acceptors (Lipinski definition) is 2. The lowest BCUT2D eigenvalue weighted by Crippen LogP contribution is -2.18. The molecule has 0 aromatic rings. The molecule has 3 N–H and O–H groups in total. The lowest BCUT2D eigenvalue weighted by molar-refractivity contribution is -0.114. The Labute approximate surface area is 86.8 Å². The average molecular weight is 198 g/mol. The van der Waals surface area contributed by atoms with Crippen LogP contribution < -0.4 is 11.1 Å². The molecule has 3 heteroatoms. The summed E-state index contributed by atoms with van der Waals surface area (Å²) >= 11 is 0. The van der Waals surface area contributed by atoms with E-state index < -0.39 is 0 Å². The standard InChI is InChI=1S/C11H22N2O/c1-3-5-7-10(11(12)14)9-13-8-6-4-2/h9,13H,3-8H2,1-2H3,(H2,12,14). The minimum Gasteiger partial charge on any atom is -0.391 e. The van der Waals surface area contributed by atoms with E-state index in [1.165, 1.54) is 0 Å². The minimum atomic E-state index is -0.303. The molecule has 0 aliphatic carbocycles. The number of amides is 1. The highest BCUT2D eigenvalue weighted by molar-refractivity contribution is 5.91. The van der Waals surface area contributed by atoms with Crippen LogP contribution in [0.25, 0.3) is 0 Å². The highest BCUT2D eigenvalue weighted by Crippen LogP contribution is 2.05. The van der Waals surface area contributed by atoms with Crippen LogP contribution in [-0.2, 0) is 4.79 Å². The van der Waals surface area contributed by atoms with Gasteiger partial charge in [0, 0.05) is 18.3 Å². The summed E-state index contributed by atoms with van der Waals surface area (Å²) in [6, 6.07) is 0. The largest absolute Gasteiger partial charge is 0.391 e. The highest BCUT2D eigenvalue weighted by atomic mass is 16.1. The maximum Gasteiger partial charge on any atom is 0.246 e. The monoisotopic (exact) mass is 198 g/mol. The third-order valence-corrected chi connectivity index (χ3v) is 2.07. The topological polar surface area (TPSA) is 55.1 Å². The Balaban J connectivity index is 3.86. The molecule has 0 spiro atoms. The van der Waals surface area contributed by atoms with Crippen molar-refractivity contribution < 1.29 is 4.79 Å². The van der Waals surface area contributed by atoms with E-state index >= 15 is 0 Å². The molecule has 0 rings (SSSR count). The minimum absolute atomic E-state index is 0.303. The Morgan fingerprint density at radius 3 is 2.43 bits per heavy atom. The number of carbonyl (C=O) groups is 1. The van der Waals surface area contributed by atoms with Gasteiger partial charge in [0.2, 0.25) is 5.91 Å². The van der Waals surface area contributed by atoms with Gasteiger partial charge in [-0.2, -0.15) is 0 Å². The molecule has 14 heavy (non-hydrogen) atoms. The van der Waals surface area contributed by atoms with Crippen molar-refractivity contribution in [2.45, 2.75) is 46.0 Å². The predicted molar refractivity (Wildman–Crippen MR) is 59.7 cm³/mol. The molecule has 0 heterocycles. The number of nitrogens with two attached hydrogens (primary N) is 1. The summed E-state index contributed by atoms with van der Waals surface area (Å²) in [7, 11) is 0. The Bertz CT molecular complexity index is 188. The van der Waals surface area contributed by atoms with Crippen molar-refractivity contribution in [2.75, 3.05) is 6.54 Å². The maximum atomic E-state index is 11.0. The first-order valence-corrected chi connectivity index (χ1v) is 5.44. The van der Waals surface area contributed by atoms with Gasteiger partial charge in [-0.15, -0.1) is 0 Å². The zero-order valence-electron chi connectivity index (χ0n) is 9.31. The summed E-state index contributed by atoms with van der Waals surface area (Å²) in [6.45, 7) is 5.15. The summed E-state index contributed by atoms with van der Waals surface area (Å²) < 4.78 is 0. The van der Waals surface area contributed by atoms with Crippen LogP contribution in [0.5, 0.6) is 0 Å². The number of unbranched alkanes of at least 4 members (excludes halogenated alkanes) is 2. The molecular weight excluding hydrogens is 176 g/mol. The molecule has 1 amide bonds. The third-order valence-electron chi connectivity index (χ3n) is 2.07. The molecular formula is C11H22N2O. The van der Waals surface area contributed by atoms with E-state index in [2.05, 4.69) is 19.2 Å².